The largest absolute Gasteiger partial charge is 0.300 e. The highest BCUT2D eigenvalue weighted by molar-refractivity contribution is 8.21. The van der Waals surface area contributed by atoms with Crippen LogP contribution in [0.25, 0.3) is 0 Å². The van der Waals surface area contributed by atoms with Gasteiger partial charge in [0.25, 0.3) is 0 Å². The quantitative estimate of drug-likeness (QED) is 0.667. The molecule has 1 saturated heterocycles. The van der Waals surface area contributed by atoms with Gasteiger partial charge in [0.15, 0.2) is 0 Å². The van der Waals surface area contributed by atoms with Crippen molar-refractivity contribution < 1.29 is 4.79 Å². The first-order chi connectivity index (χ1) is 8.06. The van der Waals surface area contributed by atoms with Crippen LogP contribution in [-0.2, 0) is 4.79 Å². The third-order valence-electron chi connectivity index (χ3n) is 4.28. The zero-order chi connectivity index (χ0) is 12.9. The van der Waals surface area contributed by atoms with Gasteiger partial charge in [0, 0.05) is 6.42 Å². The molecule has 1 heterocycles. The molecule has 0 aromatic carbocycles. The van der Waals surface area contributed by atoms with Gasteiger partial charge in [-0.15, -0.1) is 23.5 Å². The molecule has 4 heteroatoms. The van der Waals surface area contributed by atoms with Gasteiger partial charge in [-0.05, 0) is 24.9 Å². The van der Waals surface area contributed by atoms with E-state index in [9.17, 15) is 4.79 Å². The number of thioether (sulfide) groups is 2. The molecule has 0 aromatic heterocycles. The van der Waals surface area contributed by atoms with E-state index < -0.39 is 8.07 Å². The Morgan fingerprint density at radius 1 is 1.12 bits per heavy atom. The van der Waals surface area contributed by atoms with Crippen molar-refractivity contribution in [2.24, 2.45) is 0 Å². The fourth-order valence-corrected chi connectivity index (χ4v) is 15.3. The Bertz CT molecular complexity index is 250. The predicted octanol–water partition coefficient (Wildman–Crippen LogP) is 4.58. The van der Waals surface area contributed by atoms with Gasteiger partial charge in [-0.1, -0.05) is 38.9 Å². The SMILES string of the molecule is CC[Si](CC)(CC)C1(CC(C)=O)SCCCS1. The zero-order valence-corrected chi connectivity index (χ0v) is 14.3. The van der Waals surface area contributed by atoms with Gasteiger partial charge in [0.1, 0.15) is 5.78 Å². The van der Waals surface area contributed by atoms with Crippen molar-refractivity contribution in [3.63, 3.8) is 0 Å². The van der Waals surface area contributed by atoms with Gasteiger partial charge < -0.3 is 0 Å². The first-order valence-corrected chi connectivity index (χ1v) is 11.4. The summed E-state index contributed by atoms with van der Waals surface area (Å²) in [6.45, 7) is 8.85. The van der Waals surface area contributed by atoms with Crippen molar-refractivity contribution in [2.75, 3.05) is 11.5 Å². The minimum absolute atomic E-state index is 0.287. The van der Waals surface area contributed by atoms with Crippen molar-refractivity contribution >= 4 is 37.4 Å². The van der Waals surface area contributed by atoms with Crippen molar-refractivity contribution in [1.82, 2.24) is 0 Å². The summed E-state index contributed by atoms with van der Waals surface area (Å²) >= 11 is 4.25. The van der Waals surface area contributed by atoms with E-state index in [4.69, 9.17) is 0 Å². The highest BCUT2D eigenvalue weighted by Crippen LogP contribution is 2.54. The average molecular weight is 291 g/mol. The number of carbonyl (C=O) groups excluding carboxylic acids is 1. The maximum atomic E-state index is 11.7. The lowest BCUT2D eigenvalue weighted by Crippen LogP contribution is -2.55. The highest BCUT2D eigenvalue weighted by Gasteiger charge is 2.51. The second-order valence-electron chi connectivity index (χ2n) is 5.02. The predicted molar refractivity (Wildman–Crippen MR) is 84.8 cm³/mol. The first kappa shape index (κ1) is 15.6. The summed E-state index contributed by atoms with van der Waals surface area (Å²) in [7, 11) is -1.32. The summed E-state index contributed by atoms with van der Waals surface area (Å²) in [5, 5.41) is 0. The van der Waals surface area contributed by atoms with Crippen molar-refractivity contribution in [1.29, 1.82) is 0 Å². The molecular weight excluding hydrogens is 264 g/mol. The molecule has 0 spiro atoms. The number of rotatable bonds is 6. The van der Waals surface area contributed by atoms with E-state index in [-0.39, 0.29) is 3.70 Å². The topological polar surface area (TPSA) is 17.1 Å². The van der Waals surface area contributed by atoms with Gasteiger partial charge in [-0.3, -0.25) is 4.79 Å². The Kier molecular flexibility index (Phi) is 6.13. The molecule has 0 radical (unpaired) electrons. The van der Waals surface area contributed by atoms with Crippen LogP contribution in [0.4, 0.5) is 0 Å². The third-order valence-corrected chi connectivity index (χ3v) is 16.5. The van der Waals surface area contributed by atoms with E-state index in [1.807, 2.05) is 0 Å². The minimum atomic E-state index is -1.32. The molecule has 0 amide bonds. The molecule has 100 valence electrons. The molecule has 0 atom stereocenters. The molecular formula is C13H26OS2Si. The van der Waals surface area contributed by atoms with Gasteiger partial charge in [0.05, 0.1) is 11.8 Å². The van der Waals surface area contributed by atoms with Crippen LogP contribution in [0.3, 0.4) is 0 Å². The van der Waals surface area contributed by atoms with Crippen molar-refractivity contribution in [3.8, 4) is 0 Å². The Balaban J connectivity index is 3.05. The maximum absolute atomic E-state index is 11.7. The molecule has 1 nitrogen and oxygen atoms in total. The summed E-state index contributed by atoms with van der Waals surface area (Å²) in [5.41, 5.74) is 0. The zero-order valence-electron chi connectivity index (χ0n) is 11.7. The normalized spacial score (nSPS) is 20.2. The van der Waals surface area contributed by atoms with E-state index in [1.165, 1.54) is 36.1 Å². The monoisotopic (exact) mass is 290 g/mol. The van der Waals surface area contributed by atoms with Crippen LogP contribution >= 0.6 is 23.5 Å². The highest BCUT2D eigenvalue weighted by atomic mass is 32.2. The summed E-state index contributed by atoms with van der Waals surface area (Å²) in [6.07, 6.45) is 2.13. The van der Waals surface area contributed by atoms with Crippen LogP contribution in [0.2, 0.25) is 18.1 Å². The number of carbonyl (C=O) groups is 1. The number of ketones is 1. The number of Topliss-reactive ketones (excluding diaryl/α,β-unsaturated/α-hetero) is 1. The lowest BCUT2D eigenvalue weighted by Gasteiger charge is -2.49. The van der Waals surface area contributed by atoms with Gasteiger partial charge in [-0.2, -0.15) is 0 Å². The van der Waals surface area contributed by atoms with Gasteiger partial charge in [-0.25, -0.2) is 0 Å². The van der Waals surface area contributed by atoms with E-state index in [1.54, 1.807) is 6.92 Å². The molecule has 0 unspecified atom stereocenters. The van der Waals surface area contributed by atoms with Gasteiger partial charge in [0.2, 0.25) is 0 Å². The number of hydrogen-bond acceptors (Lipinski definition) is 3. The standard InChI is InChI=1S/C13H26OS2Si/c1-5-17(6-2,7-3)13(11-12(4)14)15-9-8-10-16-13/h5-11H2,1-4H3. The fourth-order valence-electron chi connectivity index (χ4n) is 3.06. The van der Waals surface area contributed by atoms with Crippen LogP contribution in [0.15, 0.2) is 0 Å². The molecule has 1 aliphatic heterocycles. The minimum Gasteiger partial charge on any atom is -0.300 e. The van der Waals surface area contributed by atoms with Crippen LogP contribution in [-0.4, -0.2) is 29.1 Å². The smallest absolute Gasteiger partial charge is 0.131 e. The molecule has 0 saturated carbocycles. The van der Waals surface area contributed by atoms with E-state index >= 15 is 0 Å². The molecule has 0 aliphatic carbocycles. The molecule has 1 aliphatic rings. The third kappa shape index (κ3) is 3.13. The molecule has 17 heavy (non-hydrogen) atoms. The fraction of sp³-hybridized carbons (Fsp3) is 0.923. The molecule has 1 fully saturated rings. The van der Waals surface area contributed by atoms with Gasteiger partial charge >= 0.3 is 0 Å². The summed E-state index contributed by atoms with van der Waals surface area (Å²) in [4.78, 5) is 11.7. The van der Waals surface area contributed by atoms with Crippen LogP contribution in [0, 0.1) is 0 Å². The Morgan fingerprint density at radius 2 is 1.59 bits per heavy atom. The second-order valence-corrected chi connectivity index (χ2v) is 14.3. The molecule has 0 N–H and O–H groups in total. The average Bonchev–Trinajstić information content (AvgIpc) is 2.32. The Morgan fingerprint density at radius 3 is 1.94 bits per heavy atom. The summed E-state index contributed by atoms with van der Waals surface area (Å²) < 4.78 is 0.287. The number of hydrogen-bond donors (Lipinski definition) is 0. The first-order valence-electron chi connectivity index (χ1n) is 6.83. The van der Waals surface area contributed by atoms with E-state index in [0.717, 1.165) is 6.42 Å². The maximum Gasteiger partial charge on any atom is 0.131 e. The van der Waals surface area contributed by atoms with E-state index in [0.29, 0.717) is 5.78 Å². The van der Waals surface area contributed by atoms with E-state index in [2.05, 4.69) is 44.3 Å². The molecule has 1 rings (SSSR count). The van der Waals surface area contributed by atoms with Crippen LogP contribution in [0.5, 0.6) is 0 Å². The second kappa shape index (κ2) is 6.67. The molecule has 0 bridgehead atoms. The van der Waals surface area contributed by atoms with Crippen molar-refractivity contribution in [2.45, 2.75) is 62.4 Å². The lowest BCUT2D eigenvalue weighted by atomic mass is 10.3. The Labute approximate surface area is 116 Å². The van der Waals surface area contributed by atoms with Crippen LogP contribution in [0.1, 0.15) is 40.5 Å². The Hall–Kier alpha value is 0.587. The van der Waals surface area contributed by atoms with Crippen molar-refractivity contribution in [3.05, 3.63) is 0 Å². The molecule has 0 aromatic rings. The lowest BCUT2D eigenvalue weighted by molar-refractivity contribution is -0.116. The van der Waals surface area contributed by atoms with Crippen LogP contribution < -0.4 is 0 Å². The summed E-state index contributed by atoms with van der Waals surface area (Å²) in [5.74, 6) is 2.91. The summed E-state index contributed by atoms with van der Waals surface area (Å²) in [6, 6.07) is 3.98.